The maximum absolute atomic E-state index is 2.42. The van der Waals surface area contributed by atoms with Gasteiger partial charge in [-0.25, -0.2) is 0 Å². The number of allylic oxidation sites excluding steroid dienone is 1. The smallest absolute Gasteiger partial charge is 0.00515 e. The van der Waals surface area contributed by atoms with E-state index in [0.29, 0.717) is 0 Å². The third-order valence-corrected chi connectivity index (χ3v) is 5.29. The molecular weight excluding hydrogens is 300 g/mol. The summed E-state index contributed by atoms with van der Waals surface area (Å²) in [6, 6.07) is 22.4. The number of hydrogen-bond acceptors (Lipinski definition) is 0. The highest BCUT2D eigenvalue weighted by Gasteiger charge is 2.20. The largest absolute Gasteiger partial charge is 0.0654 e. The minimum Gasteiger partial charge on any atom is -0.0654 e. The summed E-state index contributed by atoms with van der Waals surface area (Å²) in [5, 5.41) is 0. The average Bonchev–Trinajstić information content (AvgIpc) is 3.07. The van der Waals surface area contributed by atoms with Crippen molar-refractivity contribution in [3.8, 4) is 22.3 Å². The summed E-state index contributed by atoms with van der Waals surface area (Å²) in [5.74, 6) is 0. The SMILES string of the molecule is CCC1=Cc2c(-c3ccc(C)cc3)ccc(-c3ccc(C)cc3)c2C1. The fraction of sp³-hybridized carbons (Fsp3) is 0.200. The second-order valence-corrected chi connectivity index (χ2v) is 7.12. The van der Waals surface area contributed by atoms with E-state index in [2.05, 4.69) is 87.5 Å². The first kappa shape index (κ1) is 15.9. The Morgan fingerprint density at radius 3 is 1.76 bits per heavy atom. The van der Waals surface area contributed by atoms with Crippen molar-refractivity contribution >= 4 is 6.08 Å². The first-order valence-electron chi connectivity index (χ1n) is 9.15. The molecule has 1 aliphatic rings. The highest BCUT2D eigenvalue weighted by Crippen LogP contribution is 2.40. The van der Waals surface area contributed by atoms with Gasteiger partial charge in [0.25, 0.3) is 0 Å². The van der Waals surface area contributed by atoms with Gasteiger partial charge >= 0.3 is 0 Å². The van der Waals surface area contributed by atoms with Crippen LogP contribution in [-0.4, -0.2) is 0 Å². The van der Waals surface area contributed by atoms with Crippen LogP contribution in [0.25, 0.3) is 28.3 Å². The van der Waals surface area contributed by atoms with Crippen LogP contribution in [0.15, 0.2) is 66.2 Å². The lowest BCUT2D eigenvalue weighted by atomic mass is 9.90. The zero-order valence-corrected chi connectivity index (χ0v) is 15.3. The molecule has 0 heteroatoms. The molecule has 25 heavy (non-hydrogen) atoms. The Morgan fingerprint density at radius 2 is 1.20 bits per heavy atom. The molecule has 3 aromatic rings. The van der Waals surface area contributed by atoms with Crippen LogP contribution in [-0.2, 0) is 6.42 Å². The first-order valence-corrected chi connectivity index (χ1v) is 9.15. The summed E-state index contributed by atoms with van der Waals surface area (Å²) >= 11 is 0. The fourth-order valence-corrected chi connectivity index (χ4v) is 3.72. The molecule has 0 fully saturated rings. The van der Waals surface area contributed by atoms with Gasteiger partial charge in [-0.05, 0) is 60.1 Å². The van der Waals surface area contributed by atoms with Crippen molar-refractivity contribution in [3.63, 3.8) is 0 Å². The summed E-state index contributed by atoms with van der Waals surface area (Å²) in [5.41, 5.74) is 12.4. The van der Waals surface area contributed by atoms with E-state index in [1.165, 1.54) is 50.1 Å². The maximum Gasteiger partial charge on any atom is -0.00515 e. The minimum absolute atomic E-state index is 1.08. The molecular formula is C25H24. The van der Waals surface area contributed by atoms with E-state index in [1.54, 1.807) is 0 Å². The Balaban J connectivity index is 1.88. The molecule has 1 aliphatic carbocycles. The fourth-order valence-electron chi connectivity index (χ4n) is 3.72. The third kappa shape index (κ3) is 2.93. The van der Waals surface area contributed by atoms with Crippen molar-refractivity contribution in [1.82, 2.24) is 0 Å². The van der Waals surface area contributed by atoms with Gasteiger partial charge in [0.15, 0.2) is 0 Å². The first-order chi connectivity index (χ1) is 12.2. The number of benzene rings is 3. The number of hydrogen-bond donors (Lipinski definition) is 0. The quantitative estimate of drug-likeness (QED) is 0.487. The van der Waals surface area contributed by atoms with Gasteiger partial charge in [0.1, 0.15) is 0 Å². The molecule has 3 aromatic carbocycles. The number of aryl methyl sites for hydroxylation is 2. The van der Waals surface area contributed by atoms with Crippen molar-refractivity contribution in [3.05, 3.63) is 88.5 Å². The molecule has 0 radical (unpaired) electrons. The van der Waals surface area contributed by atoms with E-state index >= 15 is 0 Å². The van der Waals surface area contributed by atoms with E-state index < -0.39 is 0 Å². The van der Waals surface area contributed by atoms with Crippen LogP contribution in [0.5, 0.6) is 0 Å². The van der Waals surface area contributed by atoms with Crippen LogP contribution < -0.4 is 0 Å². The zero-order chi connectivity index (χ0) is 17.4. The van der Waals surface area contributed by atoms with Crippen molar-refractivity contribution < 1.29 is 0 Å². The molecule has 0 N–H and O–H groups in total. The van der Waals surface area contributed by atoms with Crippen molar-refractivity contribution in [1.29, 1.82) is 0 Å². The molecule has 0 amide bonds. The molecule has 0 aliphatic heterocycles. The molecule has 0 saturated heterocycles. The summed E-state index contributed by atoms with van der Waals surface area (Å²) in [6.07, 6.45) is 4.62. The summed E-state index contributed by atoms with van der Waals surface area (Å²) < 4.78 is 0. The standard InChI is InChI=1S/C25H24/c1-4-19-15-24-22(20-9-5-17(2)6-10-20)13-14-23(25(24)16-19)21-11-7-18(3)8-12-21/h5-15H,4,16H2,1-3H3. The van der Waals surface area contributed by atoms with Crippen molar-refractivity contribution in [2.75, 3.05) is 0 Å². The number of fused-ring (bicyclic) bond motifs is 1. The van der Waals surface area contributed by atoms with Gasteiger partial charge in [0, 0.05) is 0 Å². The maximum atomic E-state index is 2.42. The van der Waals surface area contributed by atoms with Crippen LogP contribution in [0, 0.1) is 13.8 Å². The Kier molecular flexibility index (Phi) is 4.05. The molecule has 0 nitrogen and oxygen atoms in total. The monoisotopic (exact) mass is 324 g/mol. The highest BCUT2D eigenvalue weighted by molar-refractivity contribution is 5.87. The van der Waals surface area contributed by atoms with Crippen LogP contribution in [0.1, 0.15) is 35.6 Å². The Labute approximate surface area is 150 Å². The normalized spacial score (nSPS) is 12.8. The Bertz CT molecular complexity index is 939. The van der Waals surface area contributed by atoms with E-state index in [-0.39, 0.29) is 0 Å². The predicted molar refractivity (Wildman–Crippen MR) is 109 cm³/mol. The summed E-state index contributed by atoms with van der Waals surface area (Å²) in [6.45, 7) is 6.55. The van der Waals surface area contributed by atoms with Crippen LogP contribution in [0.3, 0.4) is 0 Å². The number of rotatable bonds is 3. The summed E-state index contributed by atoms with van der Waals surface area (Å²) in [7, 11) is 0. The molecule has 0 atom stereocenters. The zero-order valence-electron chi connectivity index (χ0n) is 15.3. The molecule has 0 heterocycles. The van der Waals surface area contributed by atoms with E-state index in [4.69, 9.17) is 0 Å². The van der Waals surface area contributed by atoms with Crippen molar-refractivity contribution in [2.24, 2.45) is 0 Å². The molecule has 124 valence electrons. The highest BCUT2D eigenvalue weighted by atomic mass is 14.2. The second kappa shape index (κ2) is 6.37. The topological polar surface area (TPSA) is 0 Å². The predicted octanol–water partition coefficient (Wildman–Crippen LogP) is 6.99. The van der Waals surface area contributed by atoms with Crippen molar-refractivity contribution in [2.45, 2.75) is 33.6 Å². The molecule has 0 saturated carbocycles. The van der Waals surface area contributed by atoms with E-state index in [0.717, 1.165) is 12.8 Å². The molecule has 0 unspecified atom stereocenters. The average molecular weight is 324 g/mol. The Hall–Kier alpha value is -2.60. The molecule has 0 aromatic heterocycles. The minimum atomic E-state index is 1.08. The van der Waals surface area contributed by atoms with Crippen LogP contribution >= 0.6 is 0 Å². The second-order valence-electron chi connectivity index (χ2n) is 7.12. The van der Waals surface area contributed by atoms with Gasteiger partial charge in [0.05, 0.1) is 0 Å². The van der Waals surface area contributed by atoms with Gasteiger partial charge < -0.3 is 0 Å². The summed E-state index contributed by atoms with van der Waals surface area (Å²) in [4.78, 5) is 0. The van der Waals surface area contributed by atoms with E-state index in [9.17, 15) is 0 Å². The lowest BCUT2D eigenvalue weighted by Gasteiger charge is -2.14. The third-order valence-electron chi connectivity index (χ3n) is 5.29. The lowest BCUT2D eigenvalue weighted by Crippen LogP contribution is -1.93. The van der Waals surface area contributed by atoms with Gasteiger partial charge in [-0.3, -0.25) is 0 Å². The lowest BCUT2D eigenvalue weighted by molar-refractivity contribution is 1.04. The van der Waals surface area contributed by atoms with E-state index in [1.807, 2.05) is 0 Å². The Morgan fingerprint density at radius 1 is 0.680 bits per heavy atom. The van der Waals surface area contributed by atoms with Gasteiger partial charge in [-0.2, -0.15) is 0 Å². The van der Waals surface area contributed by atoms with Gasteiger partial charge in [-0.15, -0.1) is 0 Å². The van der Waals surface area contributed by atoms with Gasteiger partial charge in [0.2, 0.25) is 0 Å². The molecule has 4 rings (SSSR count). The van der Waals surface area contributed by atoms with Crippen LogP contribution in [0.4, 0.5) is 0 Å². The van der Waals surface area contributed by atoms with Crippen LogP contribution in [0.2, 0.25) is 0 Å². The van der Waals surface area contributed by atoms with Gasteiger partial charge in [-0.1, -0.05) is 90.4 Å². The molecule has 0 spiro atoms. The molecule has 0 bridgehead atoms.